The number of H-pyrrole nitrogens is 1. The Morgan fingerprint density at radius 1 is 1.35 bits per heavy atom. The lowest BCUT2D eigenvalue weighted by Gasteiger charge is -2.15. The topological polar surface area (TPSA) is 62.0 Å². The van der Waals surface area contributed by atoms with Gasteiger partial charge in [0.05, 0.1) is 6.04 Å². The van der Waals surface area contributed by atoms with Crippen LogP contribution in [0.15, 0.2) is 24.3 Å². The van der Waals surface area contributed by atoms with Crippen LogP contribution in [0.4, 0.5) is 0 Å². The predicted octanol–water partition coefficient (Wildman–Crippen LogP) is 4.23. The van der Waals surface area contributed by atoms with Crippen LogP contribution in [0.2, 0.25) is 5.02 Å². The van der Waals surface area contributed by atoms with Crippen LogP contribution in [0.5, 0.6) is 0 Å². The van der Waals surface area contributed by atoms with Crippen molar-refractivity contribution < 1.29 is 9.59 Å². The molecule has 1 atom stereocenters. The number of carbonyl (C=O) groups excluding carboxylic acids is 2. The Hall–Kier alpha value is -2.07. The Labute approximate surface area is 141 Å². The van der Waals surface area contributed by atoms with Crippen molar-refractivity contribution in [1.82, 2.24) is 10.3 Å². The summed E-state index contributed by atoms with van der Waals surface area (Å²) in [5.74, 6) is -0.248. The lowest BCUT2D eigenvalue weighted by molar-refractivity contribution is 0.0934. The van der Waals surface area contributed by atoms with E-state index in [-0.39, 0.29) is 17.7 Å². The number of halogens is 1. The van der Waals surface area contributed by atoms with Crippen LogP contribution in [0.25, 0.3) is 0 Å². The Morgan fingerprint density at radius 2 is 2.04 bits per heavy atom. The number of nitrogens with one attached hydrogen (secondary N) is 2. The molecule has 0 saturated carbocycles. The first-order chi connectivity index (χ1) is 10.8. The fraction of sp³-hybridized carbons (Fsp3) is 0.333. The highest BCUT2D eigenvalue weighted by atomic mass is 35.5. The van der Waals surface area contributed by atoms with Crippen molar-refractivity contribution in [2.24, 2.45) is 0 Å². The van der Waals surface area contributed by atoms with Gasteiger partial charge in [0.1, 0.15) is 5.69 Å². The van der Waals surface area contributed by atoms with Gasteiger partial charge in [-0.1, -0.05) is 30.7 Å². The zero-order chi connectivity index (χ0) is 17.1. The molecule has 122 valence electrons. The van der Waals surface area contributed by atoms with E-state index >= 15 is 0 Å². The monoisotopic (exact) mass is 332 g/mol. The summed E-state index contributed by atoms with van der Waals surface area (Å²) in [6.45, 7) is 7.17. The Bertz CT molecular complexity index is 749. The van der Waals surface area contributed by atoms with Crippen LogP contribution in [0.1, 0.15) is 64.5 Å². The van der Waals surface area contributed by atoms with Crippen LogP contribution >= 0.6 is 11.6 Å². The minimum Gasteiger partial charge on any atom is -0.354 e. The Kier molecular flexibility index (Phi) is 5.26. The lowest BCUT2D eigenvalue weighted by Crippen LogP contribution is -2.27. The number of hydrogen-bond donors (Lipinski definition) is 2. The molecule has 1 unspecified atom stereocenters. The predicted molar refractivity (Wildman–Crippen MR) is 92.2 cm³/mol. The van der Waals surface area contributed by atoms with Gasteiger partial charge in [-0.15, -0.1) is 0 Å². The van der Waals surface area contributed by atoms with Crippen molar-refractivity contribution in [2.75, 3.05) is 0 Å². The van der Waals surface area contributed by atoms with E-state index in [0.717, 1.165) is 16.8 Å². The fourth-order valence-corrected chi connectivity index (χ4v) is 3.03. The molecule has 5 heteroatoms. The van der Waals surface area contributed by atoms with Crippen molar-refractivity contribution in [3.63, 3.8) is 0 Å². The molecule has 1 aromatic carbocycles. The normalized spacial score (nSPS) is 12.0. The minimum absolute atomic E-state index is 0.0301. The number of Topliss-reactive ketones (excluding diaryl/α,β-unsaturated/α-hetero) is 1. The summed E-state index contributed by atoms with van der Waals surface area (Å²) in [5.41, 5.74) is 3.51. The highest BCUT2D eigenvalue weighted by Crippen LogP contribution is 2.22. The third-order valence-electron chi connectivity index (χ3n) is 3.92. The second kappa shape index (κ2) is 7.01. The molecule has 0 spiro atoms. The van der Waals surface area contributed by atoms with Crippen LogP contribution in [-0.4, -0.2) is 16.7 Å². The quantitative estimate of drug-likeness (QED) is 0.805. The summed E-state index contributed by atoms with van der Waals surface area (Å²) in [6.07, 6.45) is 0.619. The van der Waals surface area contributed by atoms with Crippen LogP contribution < -0.4 is 5.32 Å². The maximum Gasteiger partial charge on any atom is 0.268 e. The second-order valence-corrected chi connectivity index (χ2v) is 6.07. The first kappa shape index (κ1) is 17.3. The second-order valence-electron chi connectivity index (χ2n) is 5.64. The number of aryl methyl sites for hydroxylation is 1. The first-order valence-corrected chi connectivity index (χ1v) is 8.01. The molecule has 0 aliphatic rings. The summed E-state index contributed by atoms with van der Waals surface area (Å²) in [7, 11) is 0. The number of rotatable bonds is 5. The van der Waals surface area contributed by atoms with Gasteiger partial charge in [-0.2, -0.15) is 0 Å². The maximum atomic E-state index is 12.6. The number of aromatic amines is 1. The highest BCUT2D eigenvalue weighted by molar-refractivity contribution is 6.30. The summed E-state index contributed by atoms with van der Waals surface area (Å²) in [6, 6.07) is 7.20. The number of carbonyl (C=O) groups is 2. The molecule has 0 bridgehead atoms. The molecule has 1 amide bonds. The van der Waals surface area contributed by atoms with Crippen molar-refractivity contribution in [3.05, 3.63) is 57.4 Å². The van der Waals surface area contributed by atoms with Crippen molar-refractivity contribution in [1.29, 1.82) is 0 Å². The van der Waals surface area contributed by atoms with E-state index in [1.807, 2.05) is 39.0 Å². The summed E-state index contributed by atoms with van der Waals surface area (Å²) in [4.78, 5) is 27.4. The molecule has 0 aliphatic heterocycles. The largest absolute Gasteiger partial charge is 0.354 e. The maximum absolute atomic E-state index is 12.6. The molecule has 23 heavy (non-hydrogen) atoms. The van der Waals surface area contributed by atoms with E-state index in [1.165, 1.54) is 6.92 Å². The van der Waals surface area contributed by atoms with Gasteiger partial charge in [0, 0.05) is 16.3 Å². The van der Waals surface area contributed by atoms with Crippen molar-refractivity contribution in [3.8, 4) is 0 Å². The average molecular weight is 333 g/mol. The average Bonchev–Trinajstić information content (AvgIpc) is 2.84. The number of benzene rings is 1. The molecule has 1 aromatic heterocycles. The molecule has 2 aromatic rings. The van der Waals surface area contributed by atoms with E-state index in [1.54, 1.807) is 6.07 Å². The number of hydrogen-bond acceptors (Lipinski definition) is 2. The summed E-state index contributed by atoms with van der Waals surface area (Å²) < 4.78 is 0. The highest BCUT2D eigenvalue weighted by Gasteiger charge is 2.22. The van der Waals surface area contributed by atoms with Gasteiger partial charge in [-0.3, -0.25) is 9.59 Å². The number of amides is 1. The van der Waals surface area contributed by atoms with Gasteiger partial charge in [0.25, 0.3) is 5.91 Å². The van der Waals surface area contributed by atoms with E-state index in [9.17, 15) is 9.59 Å². The van der Waals surface area contributed by atoms with Crippen LogP contribution in [0, 0.1) is 6.92 Å². The van der Waals surface area contributed by atoms with Gasteiger partial charge >= 0.3 is 0 Å². The molecule has 2 rings (SSSR count). The van der Waals surface area contributed by atoms with E-state index in [4.69, 9.17) is 11.6 Å². The molecule has 0 aliphatic carbocycles. The molecule has 0 radical (unpaired) electrons. The Morgan fingerprint density at radius 3 is 2.61 bits per heavy atom. The third-order valence-corrected chi connectivity index (χ3v) is 4.16. The van der Waals surface area contributed by atoms with Crippen LogP contribution in [0.3, 0.4) is 0 Å². The Balaban J connectivity index is 2.27. The van der Waals surface area contributed by atoms with Gasteiger partial charge in [-0.05, 0) is 50.5 Å². The molecular weight excluding hydrogens is 312 g/mol. The zero-order valence-electron chi connectivity index (χ0n) is 13.8. The SMILES string of the molecule is CCc1c(C(=O)NC(C)c2cccc(Cl)c2)[nH]c(C)c1C(C)=O. The van der Waals surface area contributed by atoms with Crippen molar-refractivity contribution in [2.45, 2.75) is 40.2 Å². The van der Waals surface area contributed by atoms with E-state index < -0.39 is 0 Å². The number of ketones is 1. The third kappa shape index (κ3) is 3.64. The first-order valence-electron chi connectivity index (χ1n) is 7.63. The molecule has 4 nitrogen and oxygen atoms in total. The van der Waals surface area contributed by atoms with Gasteiger partial charge in [0.2, 0.25) is 0 Å². The van der Waals surface area contributed by atoms with Crippen LogP contribution in [-0.2, 0) is 6.42 Å². The van der Waals surface area contributed by atoms with E-state index in [2.05, 4.69) is 10.3 Å². The lowest BCUT2D eigenvalue weighted by atomic mass is 10.0. The smallest absolute Gasteiger partial charge is 0.268 e. The van der Waals surface area contributed by atoms with Gasteiger partial charge in [0.15, 0.2) is 5.78 Å². The summed E-state index contributed by atoms with van der Waals surface area (Å²) in [5, 5.41) is 3.59. The molecule has 1 heterocycles. The molecular formula is C18H21ClN2O2. The summed E-state index contributed by atoms with van der Waals surface area (Å²) >= 11 is 5.99. The van der Waals surface area contributed by atoms with Gasteiger partial charge in [-0.25, -0.2) is 0 Å². The number of aromatic nitrogens is 1. The zero-order valence-corrected chi connectivity index (χ0v) is 14.5. The van der Waals surface area contributed by atoms with Crippen molar-refractivity contribution >= 4 is 23.3 Å². The minimum atomic E-state index is -0.218. The fourth-order valence-electron chi connectivity index (χ4n) is 2.83. The molecule has 0 saturated heterocycles. The van der Waals surface area contributed by atoms with Gasteiger partial charge < -0.3 is 10.3 Å². The standard InChI is InChI=1S/C18H21ClN2O2/c1-5-15-16(12(4)22)11(3)20-17(15)18(23)21-10(2)13-7-6-8-14(19)9-13/h6-10,20H,5H2,1-4H3,(H,21,23). The van der Waals surface area contributed by atoms with E-state index in [0.29, 0.717) is 22.7 Å². The molecule has 2 N–H and O–H groups in total. The molecule has 0 fully saturated rings.